The Morgan fingerprint density at radius 3 is 2.32 bits per heavy atom. The molecule has 6 rings (SSSR count). The number of thioether (sulfide) groups is 2. The van der Waals surface area contributed by atoms with Gasteiger partial charge in [0, 0.05) is 20.7 Å². The summed E-state index contributed by atoms with van der Waals surface area (Å²) in [4.78, 5) is 24.3. The number of hydrogen-bond acceptors (Lipinski definition) is 7. The highest BCUT2D eigenvalue weighted by Gasteiger charge is 2.34. The Kier molecular flexibility index (Phi) is 6.95. The molecule has 5 aromatic rings. The van der Waals surface area contributed by atoms with E-state index in [1.54, 1.807) is 35.6 Å². The zero-order chi connectivity index (χ0) is 25.4. The van der Waals surface area contributed by atoms with E-state index in [0.29, 0.717) is 26.8 Å². The number of ketones is 1. The van der Waals surface area contributed by atoms with Gasteiger partial charge in [-0.1, -0.05) is 84.0 Å². The second kappa shape index (κ2) is 10.5. The molecule has 184 valence electrons. The first-order chi connectivity index (χ1) is 18.1. The summed E-state index contributed by atoms with van der Waals surface area (Å²) in [5.41, 5.74) is 11.0. The molecular weight excluding hydrogens is 538 g/mol. The number of fused-ring (bicyclic) bond motifs is 3. The van der Waals surface area contributed by atoms with Crippen LogP contribution in [-0.4, -0.2) is 21.5 Å². The fourth-order valence-electron chi connectivity index (χ4n) is 4.59. The van der Waals surface area contributed by atoms with Crippen molar-refractivity contribution in [3.63, 3.8) is 0 Å². The van der Waals surface area contributed by atoms with Crippen LogP contribution < -0.4 is 5.73 Å². The molecule has 0 amide bonds. The maximum atomic E-state index is 12.7. The van der Waals surface area contributed by atoms with Crippen LogP contribution in [0.2, 0.25) is 5.02 Å². The number of Topliss-reactive ketones (excluding diaryl/α,β-unsaturated/α-hetero) is 1. The molecule has 0 spiro atoms. The smallest absolute Gasteiger partial charge is 0.191 e. The van der Waals surface area contributed by atoms with Gasteiger partial charge in [-0.2, -0.15) is 0 Å². The number of nitrogen functional groups attached to an aromatic ring is 1. The zero-order valence-electron chi connectivity index (χ0n) is 19.6. The lowest BCUT2D eigenvalue weighted by atomic mass is 9.98. The molecule has 0 radical (unpaired) electrons. The van der Waals surface area contributed by atoms with Crippen molar-refractivity contribution in [3.8, 4) is 0 Å². The molecule has 2 atom stereocenters. The van der Waals surface area contributed by atoms with Gasteiger partial charge in [-0.25, -0.2) is 9.97 Å². The number of anilines is 1. The summed E-state index contributed by atoms with van der Waals surface area (Å²) in [5, 5.41) is 2.58. The highest BCUT2D eigenvalue weighted by atomic mass is 35.5. The predicted molar refractivity (Wildman–Crippen MR) is 157 cm³/mol. The lowest BCUT2D eigenvalue weighted by molar-refractivity contribution is 0.102. The largest absolute Gasteiger partial charge is 0.383 e. The molecule has 0 fully saturated rings. The number of aromatic nitrogens is 2. The number of thiophene rings is 1. The van der Waals surface area contributed by atoms with E-state index in [1.165, 1.54) is 33.3 Å². The van der Waals surface area contributed by atoms with Crippen molar-refractivity contribution >= 4 is 68.3 Å². The van der Waals surface area contributed by atoms with Crippen molar-refractivity contribution in [1.82, 2.24) is 9.97 Å². The predicted octanol–water partition coefficient (Wildman–Crippen LogP) is 8.02. The highest BCUT2D eigenvalue weighted by molar-refractivity contribution is 8.00. The molecule has 4 nitrogen and oxygen atoms in total. The average Bonchev–Trinajstić information content (AvgIpc) is 3.31. The summed E-state index contributed by atoms with van der Waals surface area (Å²) in [6.45, 7) is 0. The molecule has 0 bridgehead atoms. The quantitative estimate of drug-likeness (QED) is 0.129. The van der Waals surface area contributed by atoms with E-state index in [9.17, 15) is 4.79 Å². The molecule has 0 unspecified atom stereocenters. The number of rotatable bonds is 6. The van der Waals surface area contributed by atoms with Crippen LogP contribution in [0, 0.1) is 0 Å². The Morgan fingerprint density at radius 1 is 0.946 bits per heavy atom. The van der Waals surface area contributed by atoms with Gasteiger partial charge in [0.1, 0.15) is 10.6 Å². The second-order valence-corrected chi connectivity index (χ2v) is 12.5. The summed E-state index contributed by atoms with van der Waals surface area (Å²) < 4.78 is 0. The molecule has 2 N–H and O–H groups in total. The summed E-state index contributed by atoms with van der Waals surface area (Å²) in [6, 6.07) is 28.2. The van der Waals surface area contributed by atoms with E-state index in [1.807, 2.05) is 11.8 Å². The van der Waals surface area contributed by atoms with E-state index in [2.05, 4.69) is 65.6 Å². The van der Waals surface area contributed by atoms with Gasteiger partial charge in [-0.15, -0.1) is 23.1 Å². The van der Waals surface area contributed by atoms with Gasteiger partial charge in [0.15, 0.2) is 10.9 Å². The molecule has 0 saturated heterocycles. The van der Waals surface area contributed by atoms with Crippen molar-refractivity contribution < 1.29 is 4.79 Å². The van der Waals surface area contributed by atoms with Crippen molar-refractivity contribution in [2.45, 2.75) is 22.1 Å². The van der Waals surface area contributed by atoms with E-state index >= 15 is 0 Å². The van der Waals surface area contributed by atoms with Gasteiger partial charge in [0.2, 0.25) is 0 Å². The Balaban J connectivity index is 1.35. The molecular formula is C29H22ClN3OS3. The van der Waals surface area contributed by atoms with E-state index in [4.69, 9.17) is 22.3 Å². The normalized spacial score (nSPS) is 17.0. The van der Waals surface area contributed by atoms with Gasteiger partial charge in [0.25, 0.3) is 0 Å². The van der Waals surface area contributed by atoms with Gasteiger partial charge in [-0.05, 0) is 47.4 Å². The van der Waals surface area contributed by atoms with Crippen LogP contribution in [0.5, 0.6) is 0 Å². The van der Waals surface area contributed by atoms with Gasteiger partial charge < -0.3 is 5.73 Å². The fraction of sp³-hybridized carbons (Fsp3) is 0.138. The Bertz CT molecular complexity index is 1570. The molecule has 0 saturated carbocycles. The van der Waals surface area contributed by atoms with Gasteiger partial charge in [-0.3, -0.25) is 4.79 Å². The van der Waals surface area contributed by atoms with Crippen LogP contribution in [-0.2, 0) is 6.42 Å². The fourth-order valence-corrected chi connectivity index (χ4v) is 8.54. The summed E-state index contributed by atoms with van der Waals surface area (Å²) >= 11 is 10.9. The lowest BCUT2D eigenvalue weighted by Crippen LogP contribution is -2.12. The average molecular weight is 560 g/mol. The minimum Gasteiger partial charge on any atom is -0.383 e. The number of carbonyl (C=O) groups excluding carboxylic acids is 1. The van der Waals surface area contributed by atoms with Crippen molar-refractivity contribution in [1.29, 1.82) is 0 Å². The Hall–Kier alpha value is -2.84. The highest BCUT2D eigenvalue weighted by Crippen LogP contribution is 2.55. The first-order valence-corrected chi connectivity index (χ1v) is 14.9. The van der Waals surface area contributed by atoms with E-state index in [-0.39, 0.29) is 16.8 Å². The number of nitrogens with zero attached hydrogens (tertiary/aromatic N) is 2. The minimum absolute atomic E-state index is 0.000605. The van der Waals surface area contributed by atoms with Crippen LogP contribution in [0.25, 0.3) is 10.2 Å². The van der Waals surface area contributed by atoms with Crippen molar-refractivity contribution in [2.75, 3.05) is 11.5 Å². The first-order valence-electron chi connectivity index (χ1n) is 11.8. The van der Waals surface area contributed by atoms with Crippen LogP contribution in [0.4, 0.5) is 5.82 Å². The topological polar surface area (TPSA) is 68.9 Å². The molecule has 2 aromatic heterocycles. The van der Waals surface area contributed by atoms with Gasteiger partial charge >= 0.3 is 0 Å². The molecule has 8 heteroatoms. The SMILES string of the molecule is Nc1nc(SCC(=O)c2ccc(Cl)cc2)nc2sc3c(c12)C[C@H](c1ccccc1)S[C@@H]3c1ccccc1. The third-order valence-electron chi connectivity index (χ3n) is 6.39. The summed E-state index contributed by atoms with van der Waals surface area (Å²) in [6.07, 6.45) is 0.877. The van der Waals surface area contributed by atoms with Crippen LogP contribution in [0.1, 0.15) is 42.4 Å². The lowest BCUT2D eigenvalue weighted by Gasteiger charge is -2.30. The van der Waals surface area contributed by atoms with Gasteiger partial charge in [0.05, 0.1) is 16.4 Å². The second-order valence-electron chi connectivity index (χ2n) is 8.77. The maximum absolute atomic E-state index is 12.7. The van der Waals surface area contributed by atoms with Crippen LogP contribution in [0.15, 0.2) is 90.1 Å². The summed E-state index contributed by atoms with van der Waals surface area (Å²) in [5.74, 6) is 0.714. The molecule has 0 aliphatic carbocycles. The molecule has 1 aliphatic heterocycles. The molecule has 1 aliphatic rings. The molecule has 37 heavy (non-hydrogen) atoms. The number of halogens is 1. The minimum atomic E-state index is 0.000605. The zero-order valence-corrected chi connectivity index (χ0v) is 22.8. The standard InChI is InChI=1S/C29H22ClN3OS3/c30-20-13-11-17(12-14-20)22(34)16-35-29-32-27(31)24-21-15-23(18-7-3-1-4-8-18)36-25(19-9-5-2-6-10-19)26(21)37-28(24)33-29/h1-14,23,25H,15-16H2,(H2,31,32,33)/t23-,25-/m1/s1. The number of carbonyl (C=O) groups is 1. The van der Waals surface area contributed by atoms with Crippen molar-refractivity contribution in [3.05, 3.63) is 117 Å². The maximum Gasteiger partial charge on any atom is 0.191 e. The number of hydrogen-bond donors (Lipinski definition) is 1. The third kappa shape index (κ3) is 5.01. The van der Waals surface area contributed by atoms with Crippen molar-refractivity contribution in [2.24, 2.45) is 0 Å². The van der Waals surface area contributed by atoms with E-state index < -0.39 is 0 Å². The monoisotopic (exact) mass is 559 g/mol. The molecule has 3 heterocycles. The number of nitrogens with two attached hydrogens (primary N) is 1. The van der Waals surface area contributed by atoms with E-state index in [0.717, 1.165) is 16.6 Å². The Labute approximate surface area is 232 Å². The summed E-state index contributed by atoms with van der Waals surface area (Å²) in [7, 11) is 0. The third-order valence-corrected chi connectivity index (χ3v) is 10.4. The number of benzene rings is 3. The van der Waals surface area contributed by atoms with Crippen LogP contribution in [0.3, 0.4) is 0 Å². The van der Waals surface area contributed by atoms with Crippen LogP contribution >= 0.6 is 46.5 Å². The molecule has 3 aromatic carbocycles. The first kappa shape index (κ1) is 24.5. The Morgan fingerprint density at radius 2 is 1.62 bits per heavy atom.